The number of esters is 2. The minimum Gasteiger partial charge on any atom is -0.484 e. The normalized spacial score (nSPS) is 14.8. The van der Waals surface area contributed by atoms with Gasteiger partial charge in [-0.3, -0.25) is 9.59 Å². The second-order valence-corrected chi connectivity index (χ2v) is 14.6. The fraction of sp³-hybridized carbons (Fsp3) is 0.583. The Morgan fingerprint density at radius 2 is 1.20 bits per heavy atom. The average molecular weight is 763 g/mol. The van der Waals surface area contributed by atoms with Gasteiger partial charge in [-0.2, -0.15) is 25.3 Å². The highest BCUT2D eigenvalue weighted by Gasteiger charge is 2.35. The van der Waals surface area contributed by atoms with Crippen molar-refractivity contribution in [1.82, 2.24) is 20.1 Å². The maximum Gasteiger partial charge on any atom is 0.329 e. The summed E-state index contributed by atoms with van der Waals surface area (Å²) in [5.41, 5.74) is 0. The molecule has 0 aliphatic carbocycles. The monoisotopic (exact) mass is 762 g/mol. The van der Waals surface area contributed by atoms with Gasteiger partial charge in [-0.15, -0.1) is 11.3 Å². The molecule has 14 nitrogen and oxygen atoms in total. The molecule has 0 radical (unpaired) electrons. The third-order valence-corrected chi connectivity index (χ3v) is 11.3. The van der Waals surface area contributed by atoms with Crippen molar-refractivity contribution < 1.29 is 47.7 Å². The van der Waals surface area contributed by atoms with Gasteiger partial charge in [0, 0.05) is 23.0 Å². The minimum atomic E-state index is -1.07. The predicted molar refractivity (Wildman–Crippen MR) is 185 cm³/mol. The molecule has 0 bridgehead atoms. The third kappa shape index (κ3) is 12.9. The third-order valence-electron chi connectivity index (χ3n) is 5.27. The van der Waals surface area contributed by atoms with Crippen molar-refractivity contribution in [2.75, 3.05) is 49.4 Å². The predicted octanol–water partition coefficient (Wildman–Crippen LogP) is 1.61. The van der Waals surface area contributed by atoms with Crippen LogP contribution >= 0.6 is 80.1 Å². The lowest BCUT2D eigenvalue weighted by Gasteiger charge is -2.19. The van der Waals surface area contributed by atoms with Gasteiger partial charge in [0.15, 0.2) is 11.5 Å². The fourth-order valence-corrected chi connectivity index (χ4v) is 8.61. The minimum absolute atomic E-state index is 0.00973. The van der Waals surface area contributed by atoms with Crippen molar-refractivity contribution in [1.29, 1.82) is 0 Å². The van der Waals surface area contributed by atoms with Crippen LogP contribution in [0.5, 0.6) is 11.5 Å². The first-order valence-corrected chi connectivity index (χ1v) is 20.0. The second-order valence-electron chi connectivity index (χ2n) is 8.49. The van der Waals surface area contributed by atoms with E-state index in [0.29, 0.717) is 12.6 Å². The second kappa shape index (κ2) is 22.2. The van der Waals surface area contributed by atoms with Crippen molar-refractivity contribution in [3.05, 3.63) is 9.75 Å². The first kappa shape index (κ1) is 39.7. The summed E-state index contributed by atoms with van der Waals surface area (Å²) in [7, 11) is 4.60. The molecule has 0 spiro atoms. The quantitative estimate of drug-likeness (QED) is 0.0250. The number of hydrogen-bond donors (Lipinski definition) is 6. The van der Waals surface area contributed by atoms with E-state index in [1.54, 1.807) is 13.8 Å². The Balaban J connectivity index is 2.20. The van der Waals surface area contributed by atoms with Crippen LogP contribution in [0.1, 0.15) is 33.2 Å². The van der Waals surface area contributed by atoms with Crippen LogP contribution in [0.2, 0.25) is 0 Å². The molecular formula is C24H34N4O10S7. The lowest BCUT2D eigenvalue weighted by molar-refractivity contribution is -0.145. The summed E-state index contributed by atoms with van der Waals surface area (Å²) < 4.78 is 27.4. The first-order valence-electron chi connectivity index (χ1n) is 13.3. The van der Waals surface area contributed by atoms with E-state index in [0.717, 1.165) is 33.3 Å². The number of carbonyl (C=O) groups is 6. The molecular weight excluding hydrogens is 729 g/mol. The zero-order valence-electron chi connectivity index (χ0n) is 24.1. The molecule has 21 heteroatoms. The van der Waals surface area contributed by atoms with Crippen LogP contribution in [-0.4, -0.2) is 110 Å². The molecule has 2 heterocycles. The Morgan fingerprint density at radius 1 is 0.800 bits per heavy atom. The number of fused-ring (bicyclic) bond motifs is 1. The lowest BCUT2D eigenvalue weighted by Crippen LogP contribution is -2.43. The van der Waals surface area contributed by atoms with Crippen LogP contribution in [0.3, 0.4) is 0 Å². The van der Waals surface area contributed by atoms with E-state index in [-0.39, 0.29) is 70.7 Å². The molecule has 4 atom stereocenters. The van der Waals surface area contributed by atoms with E-state index in [9.17, 15) is 28.8 Å². The topological polar surface area (TPSA) is 187 Å². The van der Waals surface area contributed by atoms with Gasteiger partial charge in [0.2, 0.25) is 0 Å². The molecule has 45 heavy (non-hydrogen) atoms. The Bertz CT molecular complexity index is 1080. The summed E-state index contributed by atoms with van der Waals surface area (Å²) in [5, 5.41) is 5.26. The van der Waals surface area contributed by atoms with E-state index >= 15 is 0 Å². The van der Waals surface area contributed by atoms with Gasteiger partial charge in [0.05, 0.1) is 25.3 Å². The Kier molecular flexibility index (Phi) is 19.6. The van der Waals surface area contributed by atoms with Crippen LogP contribution in [0.4, 0.5) is 0 Å². The number of thiol groups is 2. The molecule has 4 N–H and O–H groups in total. The highest BCUT2D eigenvalue weighted by Crippen LogP contribution is 2.44. The lowest BCUT2D eigenvalue weighted by atomic mass is 10.2. The molecule has 1 aromatic rings. The van der Waals surface area contributed by atoms with Crippen molar-refractivity contribution >= 4 is 116 Å². The number of aldehydes is 2. The molecule has 0 saturated heterocycles. The molecule has 0 aromatic carbocycles. The van der Waals surface area contributed by atoms with Crippen molar-refractivity contribution in [2.45, 2.75) is 38.0 Å². The van der Waals surface area contributed by atoms with Gasteiger partial charge in [-0.25, -0.2) is 19.0 Å². The molecule has 0 saturated carbocycles. The van der Waals surface area contributed by atoms with Gasteiger partial charge >= 0.3 is 11.9 Å². The maximum atomic E-state index is 13.4. The van der Waals surface area contributed by atoms with Gasteiger partial charge in [-0.05, 0) is 35.8 Å². The summed E-state index contributed by atoms with van der Waals surface area (Å²) >= 11 is 8.93. The van der Waals surface area contributed by atoms with E-state index in [4.69, 9.17) is 18.9 Å². The van der Waals surface area contributed by atoms with Gasteiger partial charge in [0.1, 0.15) is 47.6 Å². The van der Waals surface area contributed by atoms with E-state index in [1.165, 1.54) is 21.6 Å². The van der Waals surface area contributed by atoms with Gasteiger partial charge in [0.25, 0.3) is 11.8 Å². The van der Waals surface area contributed by atoms with E-state index in [1.807, 2.05) is 0 Å². The molecule has 252 valence electrons. The number of hydrogen-bond acceptors (Lipinski definition) is 19. The maximum absolute atomic E-state index is 13.4. The number of ether oxygens (including phenoxy) is 4. The number of rotatable bonds is 22. The molecule has 2 unspecified atom stereocenters. The molecule has 2 amide bonds. The fourth-order valence-electron chi connectivity index (χ4n) is 3.13. The Labute approximate surface area is 291 Å². The van der Waals surface area contributed by atoms with Crippen molar-refractivity contribution in [2.24, 2.45) is 0 Å². The SMILES string of the molecule is CCOC(=O)C(CSSN[C@H](C=O)CS)NC(=O)c1sc(C(=O)NC(CSSN[C@H](C=O)CS)C(=O)OCC)c2c1OCCO2. The molecule has 1 aromatic heterocycles. The highest BCUT2D eigenvalue weighted by molar-refractivity contribution is 8.76. The number of thiophene rings is 1. The first-order chi connectivity index (χ1) is 21.7. The summed E-state index contributed by atoms with van der Waals surface area (Å²) in [5.74, 6) is -1.92. The van der Waals surface area contributed by atoms with Gasteiger partial charge in [-0.1, -0.05) is 21.6 Å². The standard InChI is InChI=1S/C24H34N4O10S7/c1-3-35-23(33)15(11-41-44-27-13(7-29)9-39)25-21(31)19-17-18(38-6-5-37-17)20(43-19)22(32)26-16(24(34)36-4-2)12-42-45-28-14(8-30)10-40/h7-8,13-16,27-28,39-40H,3-6,9-12H2,1-2H3,(H,25,31)(H,26,32)/t13-,14-,15?,16?/m1/s1. The molecule has 1 aliphatic rings. The zero-order valence-corrected chi connectivity index (χ0v) is 30.0. The van der Waals surface area contributed by atoms with Crippen LogP contribution in [0.25, 0.3) is 0 Å². The highest BCUT2D eigenvalue weighted by atomic mass is 33.1. The van der Waals surface area contributed by atoms with Crippen LogP contribution in [0, 0.1) is 0 Å². The van der Waals surface area contributed by atoms with Crippen LogP contribution in [0.15, 0.2) is 0 Å². The van der Waals surface area contributed by atoms with Crippen molar-refractivity contribution in [3.8, 4) is 11.5 Å². The summed E-state index contributed by atoms with van der Waals surface area (Å²) in [6.07, 6.45) is 1.42. The average Bonchev–Trinajstić information content (AvgIpc) is 3.44. The summed E-state index contributed by atoms with van der Waals surface area (Å²) in [6.45, 7) is 3.68. The summed E-state index contributed by atoms with van der Waals surface area (Å²) in [4.78, 5) is 74.1. The smallest absolute Gasteiger partial charge is 0.329 e. The van der Waals surface area contributed by atoms with Crippen molar-refractivity contribution in [3.63, 3.8) is 0 Å². The van der Waals surface area contributed by atoms with Crippen LogP contribution in [-0.2, 0) is 28.7 Å². The van der Waals surface area contributed by atoms with E-state index < -0.39 is 47.9 Å². The van der Waals surface area contributed by atoms with Crippen LogP contribution < -0.4 is 29.6 Å². The molecule has 0 fully saturated rings. The molecule has 2 rings (SSSR count). The summed E-state index contributed by atoms with van der Waals surface area (Å²) in [6, 6.07) is -3.13. The number of carbonyl (C=O) groups excluding carboxylic acids is 6. The largest absolute Gasteiger partial charge is 0.484 e. The zero-order chi connectivity index (χ0) is 33.2. The van der Waals surface area contributed by atoms with Gasteiger partial charge < -0.3 is 39.2 Å². The molecule has 1 aliphatic heterocycles. The Morgan fingerprint density at radius 3 is 1.53 bits per heavy atom. The number of amides is 2. The number of nitrogens with one attached hydrogen (secondary N) is 4. The Hall–Kier alpha value is -1.46. The van der Waals surface area contributed by atoms with E-state index in [2.05, 4.69) is 45.3 Å².